The third-order valence-electron chi connectivity index (χ3n) is 2.44. The maximum Gasteiger partial charge on any atom is 0.443 e. The normalized spacial score (nSPS) is 12.8. The first-order valence-corrected chi connectivity index (χ1v) is 8.45. The van der Waals surface area contributed by atoms with Crippen LogP contribution in [0.2, 0.25) is 0 Å². The van der Waals surface area contributed by atoms with Gasteiger partial charge < -0.3 is 0 Å². The molecule has 0 atom stereocenters. The van der Waals surface area contributed by atoms with Crippen molar-refractivity contribution in [2.75, 3.05) is 0 Å². The van der Waals surface area contributed by atoms with Gasteiger partial charge in [0, 0.05) is 23.8 Å². The summed E-state index contributed by atoms with van der Waals surface area (Å²) in [6, 6.07) is 0. The molecule has 116 valence electrons. The SMILES string of the molecule is CCn1cc(CS(=O)(=O)Cc2cnc(C(F)(F)F)s2)nn1. The Labute approximate surface area is 122 Å². The Balaban J connectivity index is 2.08. The van der Waals surface area contributed by atoms with Crippen molar-refractivity contribution in [3.63, 3.8) is 0 Å². The largest absolute Gasteiger partial charge is 0.443 e. The molecule has 0 aliphatic rings. The lowest BCUT2D eigenvalue weighted by Crippen LogP contribution is -2.07. The first kappa shape index (κ1) is 15.9. The lowest BCUT2D eigenvalue weighted by Gasteiger charge is -2.00. The Morgan fingerprint density at radius 2 is 2.05 bits per heavy atom. The van der Waals surface area contributed by atoms with Gasteiger partial charge in [-0.05, 0) is 6.92 Å². The zero-order chi connectivity index (χ0) is 15.7. The van der Waals surface area contributed by atoms with Crippen LogP contribution < -0.4 is 0 Å². The van der Waals surface area contributed by atoms with Crippen LogP contribution in [0, 0.1) is 0 Å². The molecule has 0 aliphatic carbocycles. The smallest absolute Gasteiger partial charge is 0.253 e. The molecule has 11 heteroatoms. The summed E-state index contributed by atoms with van der Waals surface area (Å²) < 4.78 is 62.6. The Morgan fingerprint density at radius 1 is 1.33 bits per heavy atom. The zero-order valence-corrected chi connectivity index (χ0v) is 12.5. The number of alkyl halides is 3. The topological polar surface area (TPSA) is 77.7 Å². The standard InChI is InChI=1S/C10H11F3N4O2S2/c1-2-17-4-7(15-16-17)5-21(18,19)6-8-3-14-9(20-8)10(11,12)13/h3-4H,2,5-6H2,1H3. The molecule has 0 aliphatic heterocycles. The maximum absolute atomic E-state index is 12.4. The first-order chi connectivity index (χ1) is 9.69. The van der Waals surface area contributed by atoms with Crippen LogP contribution in [-0.2, 0) is 34.1 Å². The van der Waals surface area contributed by atoms with E-state index in [-0.39, 0.29) is 16.3 Å². The molecule has 2 heterocycles. The number of hydrogen-bond donors (Lipinski definition) is 0. The zero-order valence-electron chi connectivity index (χ0n) is 10.8. The molecule has 0 saturated carbocycles. The summed E-state index contributed by atoms with van der Waals surface area (Å²) in [6.07, 6.45) is -2.13. The predicted octanol–water partition coefficient (Wildman–Crippen LogP) is 1.89. The van der Waals surface area contributed by atoms with Crippen LogP contribution in [-0.4, -0.2) is 28.4 Å². The van der Waals surface area contributed by atoms with Crippen molar-refractivity contribution in [3.05, 3.63) is 28.0 Å². The summed E-state index contributed by atoms with van der Waals surface area (Å²) in [5, 5.41) is 6.35. The Kier molecular flexibility index (Phi) is 4.33. The average Bonchev–Trinajstić information content (AvgIpc) is 2.96. The van der Waals surface area contributed by atoms with E-state index in [0.717, 1.165) is 6.20 Å². The molecule has 0 unspecified atom stereocenters. The van der Waals surface area contributed by atoms with Crippen LogP contribution in [0.4, 0.5) is 13.2 Å². The molecule has 2 aromatic heterocycles. The van der Waals surface area contributed by atoms with Crippen molar-refractivity contribution in [1.29, 1.82) is 0 Å². The van der Waals surface area contributed by atoms with Gasteiger partial charge in [0.2, 0.25) is 0 Å². The van der Waals surface area contributed by atoms with Gasteiger partial charge in [0.15, 0.2) is 14.8 Å². The molecule has 0 N–H and O–H groups in total. The summed E-state index contributed by atoms with van der Waals surface area (Å²) in [4.78, 5) is 3.24. The summed E-state index contributed by atoms with van der Waals surface area (Å²) in [5.41, 5.74) is 0.261. The number of thiazole rings is 1. The summed E-state index contributed by atoms with van der Waals surface area (Å²) >= 11 is 0.330. The Bertz CT molecular complexity index is 721. The van der Waals surface area contributed by atoms with Gasteiger partial charge in [-0.15, -0.1) is 16.4 Å². The minimum absolute atomic E-state index is 0.0465. The lowest BCUT2D eigenvalue weighted by molar-refractivity contribution is -0.137. The minimum Gasteiger partial charge on any atom is -0.253 e. The van der Waals surface area contributed by atoms with Crippen LogP contribution in [0.25, 0.3) is 0 Å². The monoisotopic (exact) mass is 340 g/mol. The van der Waals surface area contributed by atoms with E-state index in [0.29, 0.717) is 17.9 Å². The van der Waals surface area contributed by atoms with Crippen LogP contribution in [0.1, 0.15) is 22.5 Å². The van der Waals surface area contributed by atoms with E-state index in [1.165, 1.54) is 10.9 Å². The van der Waals surface area contributed by atoms with Gasteiger partial charge in [0.1, 0.15) is 0 Å². The van der Waals surface area contributed by atoms with Gasteiger partial charge in [0.25, 0.3) is 0 Å². The summed E-state index contributed by atoms with van der Waals surface area (Å²) in [6.45, 7) is 2.37. The van der Waals surface area contributed by atoms with Gasteiger partial charge in [0.05, 0.1) is 17.2 Å². The molecular weight excluding hydrogens is 329 g/mol. The molecule has 0 fully saturated rings. The molecule has 0 bridgehead atoms. The number of halogens is 3. The van der Waals surface area contributed by atoms with Crippen molar-refractivity contribution in [3.8, 4) is 0 Å². The van der Waals surface area contributed by atoms with Crippen LogP contribution in [0.15, 0.2) is 12.4 Å². The molecule has 0 saturated heterocycles. The highest BCUT2D eigenvalue weighted by Crippen LogP contribution is 2.33. The number of aryl methyl sites for hydroxylation is 1. The van der Waals surface area contributed by atoms with Gasteiger partial charge in [-0.1, -0.05) is 5.21 Å². The van der Waals surface area contributed by atoms with Crippen molar-refractivity contribution in [2.24, 2.45) is 0 Å². The molecular formula is C10H11F3N4O2S2. The molecule has 21 heavy (non-hydrogen) atoms. The van der Waals surface area contributed by atoms with Crippen molar-refractivity contribution in [1.82, 2.24) is 20.0 Å². The van der Waals surface area contributed by atoms with E-state index < -0.39 is 26.8 Å². The van der Waals surface area contributed by atoms with E-state index in [1.54, 1.807) is 0 Å². The van der Waals surface area contributed by atoms with E-state index in [4.69, 9.17) is 0 Å². The molecule has 2 aromatic rings. The Morgan fingerprint density at radius 3 is 2.57 bits per heavy atom. The first-order valence-electron chi connectivity index (χ1n) is 5.81. The number of sulfone groups is 1. The van der Waals surface area contributed by atoms with Crippen LogP contribution in [0.5, 0.6) is 0 Å². The number of hydrogen-bond acceptors (Lipinski definition) is 6. The van der Waals surface area contributed by atoms with E-state index in [9.17, 15) is 21.6 Å². The second kappa shape index (κ2) is 5.72. The van der Waals surface area contributed by atoms with E-state index in [1.807, 2.05) is 6.92 Å². The summed E-state index contributed by atoms with van der Waals surface area (Å²) in [5.74, 6) is -0.869. The van der Waals surface area contributed by atoms with Gasteiger partial charge in [-0.3, -0.25) is 4.68 Å². The van der Waals surface area contributed by atoms with Crippen LogP contribution in [0.3, 0.4) is 0 Å². The maximum atomic E-state index is 12.4. The quantitative estimate of drug-likeness (QED) is 0.830. The fourth-order valence-electron chi connectivity index (χ4n) is 1.56. The summed E-state index contributed by atoms with van der Waals surface area (Å²) in [7, 11) is -3.63. The predicted molar refractivity (Wildman–Crippen MR) is 69.1 cm³/mol. The van der Waals surface area contributed by atoms with Gasteiger partial charge >= 0.3 is 6.18 Å². The van der Waals surface area contributed by atoms with Gasteiger partial charge in [-0.2, -0.15) is 13.2 Å². The lowest BCUT2D eigenvalue weighted by atomic mass is 10.5. The third-order valence-corrected chi connectivity index (χ3v) is 5.15. The third kappa shape index (κ3) is 4.24. The highest BCUT2D eigenvalue weighted by molar-refractivity contribution is 7.89. The molecule has 0 amide bonds. The van der Waals surface area contributed by atoms with E-state index in [2.05, 4.69) is 15.3 Å². The highest BCUT2D eigenvalue weighted by Gasteiger charge is 2.35. The fourth-order valence-corrected chi connectivity index (χ4v) is 4.10. The van der Waals surface area contributed by atoms with E-state index >= 15 is 0 Å². The highest BCUT2D eigenvalue weighted by atomic mass is 32.2. The number of rotatable bonds is 5. The molecule has 2 rings (SSSR count). The molecule has 0 radical (unpaired) electrons. The minimum atomic E-state index is -4.56. The second-order valence-electron chi connectivity index (χ2n) is 4.23. The van der Waals surface area contributed by atoms with Crippen molar-refractivity contribution in [2.45, 2.75) is 31.2 Å². The molecule has 0 aromatic carbocycles. The molecule has 0 spiro atoms. The number of aromatic nitrogens is 4. The Hall–Kier alpha value is -1.49. The molecule has 6 nitrogen and oxygen atoms in total. The number of nitrogens with zero attached hydrogens (tertiary/aromatic N) is 4. The fraction of sp³-hybridized carbons (Fsp3) is 0.500. The second-order valence-corrected chi connectivity index (χ2v) is 7.41. The van der Waals surface area contributed by atoms with Gasteiger partial charge in [-0.25, -0.2) is 13.4 Å². The van der Waals surface area contributed by atoms with Crippen molar-refractivity contribution < 1.29 is 21.6 Å². The average molecular weight is 340 g/mol. The van der Waals surface area contributed by atoms with Crippen molar-refractivity contribution >= 4 is 21.2 Å². The van der Waals surface area contributed by atoms with Crippen LogP contribution >= 0.6 is 11.3 Å².